The second-order valence-corrected chi connectivity index (χ2v) is 9.76. The van der Waals surface area contributed by atoms with E-state index in [0.29, 0.717) is 0 Å². The second kappa shape index (κ2) is 9.06. The van der Waals surface area contributed by atoms with Gasteiger partial charge >= 0.3 is 0 Å². The number of nitrogens with one attached hydrogen (secondary N) is 4. The molecule has 2 amide bonds. The average Bonchev–Trinajstić information content (AvgIpc) is 3.35. The summed E-state index contributed by atoms with van der Waals surface area (Å²) < 4.78 is 0. The second-order valence-electron chi connectivity index (χ2n) is 7.31. The summed E-state index contributed by atoms with van der Waals surface area (Å²) in [5.41, 5.74) is 0.966. The first-order chi connectivity index (χ1) is 13.7. The summed E-state index contributed by atoms with van der Waals surface area (Å²) in [7, 11) is 0. The van der Waals surface area contributed by atoms with E-state index in [1.165, 1.54) is 4.91 Å². The van der Waals surface area contributed by atoms with Crippen molar-refractivity contribution < 1.29 is 9.59 Å². The third kappa shape index (κ3) is 4.34. The Balaban J connectivity index is 1.31. The first-order valence-electron chi connectivity index (χ1n) is 10.0. The van der Waals surface area contributed by atoms with Gasteiger partial charge in [0.25, 0.3) is 5.91 Å². The van der Waals surface area contributed by atoms with Gasteiger partial charge in [0.1, 0.15) is 6.29 Å². The highest BCUT2D eigenvalue weighted by Gasteiger charge is 2.38. The van der Waals surface area contributed by atoms with E-state index in [0.717, 1.165) is 56.9 Å². The number of amides is 2. The Labute approximate surface area is 174 Å². The molecule has 8 nitrogen and oxygen atoms in total. The van der Waals surface area contributed by atoms with E-state index < -0.39 is 0 Å². The number of nitrogens with zero attached hydrogens (tertiary/aromatic N) is 2. The molecule has 154 valence electrons. The van der Waals surface area contributed by atoms with Gasteiger partial charge < -0.3 is 16.0 Å². The average molecular weight is 425 g/mol. The summed E-state index contributed by atoms with van der Waals surface area (Å²) in [6.45, 7) is 5.67. The minimum atomic E-state index is -0.338. The van der Waals surface area contributed by atoms with Gasteiger partial charge in [-0.3, -0.25) is 24.8 Å². The van der Waals surface area contributed by atoms with Gasteiger partial charge in [-0.2, -0.15) is 0 Å². The van der Waals surface area contributed by atoms with Crippen LogP contribution in [0, 0.1) is 5.92 Å². The molecule has 4 atom stereocenters. The highest BCUT2D eigenvalue weighted by Crippen LogP contribution is 2.35. The van der Waals surface area contributed by atoms with Gasteiger partial charge in [-0.15, -0.1) is 11.8 Å². The van der Waals surface area contributed by atoms with Crippen molar-refractivity contribution in [2.24, 2.45) is 10.9 Å². The normalized spacial score (nSPS) is 32.8. The molecule has 0 bridgehead atoms. The fourth-order valence-electron chi connectivity index (χ4n) is 3.92. The summed E-state index contributed by atoms with van der Waals surface area (Å²) in [4.78, 5) is 33.4. The molecular formula is C18H28N6O2S2. The highest BCUT2D eigenvalue weighted by atomic mass is 32.2. The van der Waals surface area contributed by atoms with E-state index in [4.69, 9.17) is 0 Å². The number of allylic oxidation sites excluding steroid dienone is 1. The molecule has 0 aliphatic carbocycles. The maximum absolute atomic E-state index is 12.9. The number of carbonyl (C=O) groups is 2. The Morgan fingerprint density at radius 2 is 2.25 bits per heavy atom. The lowest BCUT2D eigenvalue weighted by atomic mass is 10.1. The van der Waals surface area contributed by atoms with Gasteiger partial charge in [0.05, 0.1) is 17.0 Å². The summed E-state index contributed by atoms with van der Waals surface area (Å²) in [6, 6.07) is 0. The van der Waals surface area contributed by atoms with Crippen LogP contribution >= 0.6 is 23.5 Å². The molecule has 4 N–H and O–H groups in total. The van der Waals surface area contributed by atoms with Crippen LogP contribution in [0.5, 0.6) is 0 Å². The Kier molecular flexibility index (Phi) is 6.49. The summed E-state index contributed by atoms with van der Waals surface area (Å²) >= 11 is 3.22. The first kappa shape index (κ1) is 20.1. The molecule has 2 saturated heterocycles. The monoisotopic (exact) mass is 424 g/mol. The molecule has 4 heterocycles. The molecule has 0 spiro atoms. The zero-order chi connectivity index (χ0) is 19.5. The SMILES string of the molecule is CCN1CCCNC1NC(=O)C1CCSC1NC(=O)C1NC2=C(CCN=C2)S1. The number of dihydropyridines is 1. The zero-order valence-electron chi connectivity index (χ0n) is 16.1. The molecular weight excluding hydrogens is 396 g/mol. The topological polar surface area (TPSA) is 97.9 Å². The smallest absolute Gasteiger partial charge is 0.254 e. The Bertz CT molecular complexity index is 685. The van der Waals surface area contributed by atoms with Gasteiger partial charge in [0, 0.05) is 30.6 Å². The lowest BCUT2D eigenvalue weighted by Gasteiger charge is -2.36. The predicted molar refractivity (Wildman–Crippen MR) is 114 cm³/mol. The minimum absolute atomic E-state index is 0.0183. The van der Waals surface area contributed by atoms with Crippen molar-refractivity contribution in [3.05, 3.63) is 10.6 Å². The van der Waals surface area contributed by atoms with Crippen LogP contribution in [0.3, 0.4) is 0 Å². The third-order valence-corrected chi connectivity index (χ3v) is 8.05. The van der Waals surface area contributed by atoms with Crippen LogP contribution in [0.25, 0.3) is 0 Å². The molecule has 28 heavy (non-hydrogen) atoms. The van der Waals surface area contributed by atoms with Gasteiger partial charge in [-0.25, -0.2) is 0 Å². The highest BCUT2D eigenvalue weighted by molar-refractivity contribution is 8.04. The van der Waals surface area contributed by atoms with Gasteiger partial charge in [-0.05, 0) is 31.7 Å². The Hall–Kier alpha value is -1.23. The van der Waals surface area contributed by atoms with Crippen LogP contribution in [0.1, 0.15) is 26.2 Å². The van der Waals surface area contributed by atoms with Gasteiger partial charge in [0.2, 0.25) is 5.91 Å². The minimum Gasteiger partial charge on any atom is -0.363 e. The maximum Gasteiger partial charge on any atom is 0.254 e. The van der Waals surface area contributed by atoms with E-state index in [1.807, 2.05) is 6.21 Å². The predicted octanol–water partition coefficient (Wildman–Crippen LogP) is 0.245. The molecule has 0 radical (unpaired) electrons. The lowest BCUT2D eigenvalue weighted by molar-refractivity contribution is -0.128. The fraction of sp³-hybridized carbons (Fsp3) is 0.722. The van der Waals surface area contributed by atoms with Crippen LogP contribution in [0.4, 0.5) is 0 Å². The van der Waals surface area contributed by atoms with E-state index in [1.54, 1.807) is 23.5 Å². The van der Waals surface area contributed by atoms with Crippen molar-refractivity contribution in [2.75, 3.05) is 31.9 Å². The van der Waals surface area contributed by atoms with Crippen molar-refractivity contribution in [3.8, 4) is 0 Å². The van der Waals surface area contributed by atoms with Crippen LogP contribution < -0.4 is 21.3 Å². The molecule has 4 aliphatic heterocycles. The number of aliphatic imine (C=N–C) groups is 1. The molecule has 0 aromatic rings. The zero-order valence-corrected chi connectivity index (χ0v) is 17.7. The summed E-state index contributed by atoms with van der Waals surface area (Å²) in [5, 5.41) is 12.3. The molecule has 4 rings (SSSR count). The van der Waals surface area contributed by atoms with Crippen LogP contribution in [-0.2, 0) is 9.59 Å². The number of thioether (sulfide) groups is 2. The van der Waals surface area contributed by atoms with Crippen molar-refractivity contribution in [1.82, 2.24) is 26.2 Å². The fourth-order valence-corrected chi connectivity index (χ4v) is 6.35. The maximum atomic E-state index is 12.9. The molecule has 0 aromatic carbocycles. The Morgan fingerprint density at radius 3 is 3.07 bits per heavy atom. The number of hydrogen-bond donors (Lipinski definition) is 4. The molecule has 2 fully saturated rings. The number of carbonyl (C=O) groups excluding carboxylic acids is 2. The van der Waals surface area contributed by atoms with E-state index in [9.17, 15) is 9.59 Å². The van der Waals surface area contributed by atoms with E-state index in [2.05, 4.69) is 38.1 Å². The van der Waals surface area contributed by atoms with Gasteiger partial charge in [0.15, 0.2) is 5.37 Å². The standard InChI is InChI=1S/C18H28N6O2S2/c1-2-24-8-3-6-20-18(24)23-14(25)11-5-9-27-16(11)22-15(26)17-21-12-10-19-7-4-13(12)28-17/h10-11,16-18,20-21H,2-9H2,1H3,(H,22,26)(H,23,25). The molecule has 0 aromatic heterocycles. The lowest BCUT2D eigenvalue weighted by Crippen LogP contribution is -2.61. The van der Waals surface area contributed by atoms with Crippen molar-refractivity contribution in [1.29, 1.82) is 0 Å². The largest absolute Gasteiger partial charge is 0.363 e. The van der Waals surface area contributed by atoms with Crippen LogP contribution in [-0.4, -0.2) is 71.9 Å². The quantitative estimate of drug-likeness (QED) is 0.502. The van der Waals surface area contributed by atoms with Crippen molar-refractivity contribution in [2.45, 2.75) is 43.2 Å². The van der Waals surface area contributed by atoms with E-state index >= 15 is 0 Å². The molecule has 4 aliphatic rings. The van der Waals surface area contributed by atoms with Crippen molar-refractivity contribution in [3.63, 3.8) is 0 Å². The van der Waals surface area contributed by atoms with Crippen molar-refractivity contribution >= 4 is 41.6 Å². The van der Waals surface area contributed by atoms with E-state index in [-0.39, 0.29) is 34.8 Å². The number of rotatable bonds is 5. The third-order valence-electron chi connectivity index (χ3n) is 5.50. The summed E-state index contributed by atoms with van der Waals surface area (Å²) in [5.74, 6) is 0.637. The van der Waals surface area contributed by atoms with Crippen LogP contribution in [0.15, 0.2) is 15.6 Å². The number of hydrogen-bond acceptors (Lipinski definition) is 8. The van der Waals surface area contributed by atoms with Crippen LogP contribution in [0.2, 0.25) is 0 Å². The molecule has 10 heteroatoms. The van der Waals surface area contributed by atoms with Gasteiger partial charge in [-0.1, -0.05) is 18.7 Å². The summed E-state index contributed by atoms with van der Waals surface area (Å²) in [6.07, 6.45) is 4.46. The first-order valence-corrected chi connectivity index (χ1v) is 11.9. The molecule has 4 unspecified atom stereocenters. The molecule has 0 saturated carbocycles. The Morgan fingerprint density at radius 1 is 1.36 bits per heavy atom.